The lowest BCUT2D eigenvalue weighted by Crippen LogP contribution is -2.37. The molecule has 1 aromatic carbocycles. The predicted octanol–water partition coefficient (Wildman–Crippen LogP) is 3.30. The number of guanidine groups is 1. The van der Waals surface area contributed by atoms with Gasteiger partial charge in [0.2, 0.25) is 5.91 Å². The molecule has 1 aromatic rings. The first-order valence-corrected chi connectivity index (χ1v) is 9.66. The molecular formula is C20H33IN4O2. The van der Waals surface area contributed by atoms with Crippen LogP contribution < -0.4 is 15.5 Å². The van der Waals surface area contributed by atoms with E-state index in [1.54, 1.807) is 7.05 Å². The van der Waals surface area contributed by atoms with Crippen molar-refractivity contribution in [3.63, 3.8) is 0 Å². The topological polar surface area (TPSA) is 66.0 Å². The number of carbonyl (C=O) groups excluding carboxylic acids is 1. The summed E-state index contributed by atoms with van der Waals surface area (Å²) in [5, 5.41) is 6.61. The number of rotatable bonds is 10. The minimum atomic E-state index is 0. The van der Waals surface area contributed by atoms with Crippen LogP contribution in [0.1, 0.15) is 44.6 Å². The molecule has 1 heterocycles. The Morgan fingerprint density at radius 3 is 2.56 bits per heavy atom. The van der Waals surface area contributed by atoms with Crippen molar-refractivity contribution in [2.45, 2.75) is 45.6 Å². The first-order chi connectivity index (χ1) is 12.7. The number of nitrogens with one attached hydrogen (secondary N) is 2. The lowest BCUT2D eigenvalue weighted by molar-refractivity contribution is -0.117. The highest BCUT2D eigenvalue weighted by Crippen LogP contribution is 2.21. The van der Waals surface area contributed by atoms with Crippen LogP contribution in [0.2, 0.25) is 0 Å². The number of unbranched alkanes of at least 4 members (excludes halogenated alkanes) is 1. The summed E-state index contributed by atoms with van der Waals surface area (Å²) < 4.78 is 5.55. The minimum absolute atomic E-state index is 0. The third-order valence-electron chi connectivity index (χ3n) is 4.41. The number of aliphatic imine (C=N–C) groups is 1. The summed E-state index contributed by atoms with van der Waals surface area (Å²) in [5.41, 5.74) is 2.15. The molecule has 1 saturated heterocycles. The summed E-state index contributed by atoms with van der Waals surface area (Å²) >= 11 is 0. The highest BCUT2D eigenvalue weighted by atomic mass is 127. The van der Waals surface area contributed by atoms with Crippen LogP contribution in [0.4, 0.5) is 5.69 Å². The quantitative estimate of drug-likeness (QED) is 0.230. The number of hydrogen-bond acceptors (Lipinski definition) is 3. The van der Waals surface area contributed by atoms with E-state index in [-0.39, 0.29) is 29.9 Å². The molecule has 0 atom stereocenters. The van der Waals surface area contributed by atoms with E-state index >= 15 is 0 Å². The largest absolute Gasteiger partial charge is 0.381 e. The van der Waals surface area contributed by atoms with E-state index < -0.39 is 0 Å². The summed E-state index contributed by atoms with van der Waals surface area (Å²) in [6.45, 7) is 6.15. The monoisotopic (exact) mass is 488 g/mol. The Morgan fingerprint density at radius 2 is 1.93 bits per heavy atom. The molecule has 0 unspecified atom stereocenters. The van der Waals surface area contributed by atoms with Gasteiger partial charge in [-0.2, -0.15) is 0 Å². The molecule has 0 radical (unpaired) electrons. The van der Waals surface area contributed by atoms with Crippen molar-refractivity contribution in [2.24, 2.45) is 4.99 Å². The van der Waals surface area contributed by atoms with Gasteiger partial charge in [-0.15, -0.1) is 24.0 Å². The van der Waals surface area contributed by atoms with Gasteiger partial charge >= 0.3 is 0 Å². The predicted molar refractivity (Wildman–Crippen MR) is 122 cm³/mol. The minimum Gasteiger partial charge on any atom is -0.381 e. The van der Waals surface area contributed by atoms with Crippen LogP contribution in [0, 0.1) is 0 Å². The average molecular weight is 488 g/mol. The summed E-state index contributed by atoms with van der Waals surface area (Å²) in [5.74, 6) is 1.01. The van der Waals surface area contributed by atoms with Crippen LogP contribution in [0.3, 0.4) is 0 Å². The standard InChI is InChI=1S/C20H32N4O2.HI/c1-3-4-14-26-15-6-12-22-20(21-2)23-16-17-8-10-18(11-9-17)24-13-5-7-19(24)25;/h8-11H,3-7,12-16H2,1-2H3,(H2,21,22,23);1H. The van der Waals surface area contributed by atoms with Crippen LogP contribution in [0.5, 0.6) is 0 Å². The van der Waals surface area contributed by atoms with E-state index in [9.17, 15) is 4.79 Å². The molecule has 27 heavy (non-hydrogen) atoms. The van der Waals surface area contributed by atoms with E-state index in [1.165, 1.54) is 6.42 Å². The van der Waals surface area contributed by atoms with Gasteiger partial charge in [-0.05, 0) is 37.0 Å². The molecule has 0 aromatic heterocycles. The SMILES string of the molecule is CCCCOCCCNC(=NC)NCc1ccc(N2CCCC2=O)cc1.I. The second kappa shape index (κ2) is 13.8. The summed E-state index contributed by atoms with van der Waals surface area (Å²) in [7, 11) is 1.77. The summed E-state index contributed by atoms with van der Waals surface area (Å²) in [6, 6.07) is 8.15. The van der Waals surface area contributed by atoms with Gasteiger partial charge in [0.1, 0.15) is 0 Å². The van der Waals surface area contributed by atoms with Crippen LogP contribution in [-0.4, -0.2) is 45.2 Å². The Labute approximate surface area is 180 Å². The molecule has 2 rings (SSSR count). The number of nitrogens with zero attached hydrogens (tertiary/aromatic N) is 2. The van der Waals surface area contributed by atoms with Gasteiger partial charge in [0.25, 0.3) is 0 Å². The normalized spacial score (nSPS) is 14.2. The van der Waals surface area contributed by atoms with Crippen LogP contribution in [0.15, 0.2) is 29.3 Å². The Bertz CT molecular complexity index is 578. The molecule has 1 aliphatic rings. The molecular weight excluding hydrogens is 455 g/mol. The zero-order valence-corrected chi connectivity index (χ0v) is 18.8. The zero-order chi connectivity index (χ0) is 18.6. The van der Waals surface area contributed by atoms with E-state index in [4.69, 9.17) is 4.74 Å². The molecule has 6 nitrogen and oxygen atoms in total. The first kappa shape index (κ1) is 23.7. The third-order valence-corrected chi connectivity index (χ3v) is 4.41. The van der Waals surface area contributed by atoms with Crippen molar-refractivity contribution in [3.8, 4) is 0 Å². The van der Waals surface area contributed by atoms with E-state index in [1.807, 2.05) is 17.0 Å². The second-order valence-corrected chi connectivity index (χ2v) is 6.49. The molecule has 152 valence electrons. The van der Waals surface area contributed by atoms with Crippen molar-refractivity contribution in [2.75, 3.05) is 38.3 Å². The average Bonchev–Trinajstić information content (AvgIpc) is 3.10. The fourth-order valence-electron chi connectivity index (χ4n) is 2.85. The smallest absolute Gasteiger partial charge is 0.227 e. The van der Waals surface area contributed by atoms with Crippen molar-refractivity contribution in [3.05, 3.63) is 29.8 Å². The van der Waals surface area contributed by atoms with Gasteiger partial charge in [-0.3, -0.25) is 9.79 Å². The van der Waals surface area contributed by atoms with Gasteiger partial charge in [0, 0.05) is 52.0 Å². The van der Waals surface area contributed by atoms with E-state index in [2.05, 4.69) is 34.7 Å². The Kier molecular flexibility index (Phi) is 12.1. The van der Waals surface area contributed by atoms with Gasteiger partial charge < -0.3 is 20.3 Å². The van der Waals surface area contributed by atoms with Gasteiger partial charge in [0.05, 0.1) is 0 Å². The number of ether oxygens (including phenoxy) is 1. The van der Waals surface area contributed by atoms with Gasteiger partial charge in [-0.1, -0.05) is 25.5 Å². The number of amides is 1. The molecule has 7 heteroatoms. The summed E-state index contributed by atoms with van der Waals surface area (Å²) in [4.78, 5) is 17.9. The van der Waals surface area contributed by atoms with Crippen molar-refractivity contribution >= 4 is 41.5 Å². The number of benzene rings is 1. The molecule has 0 aliphatic carbocycles. The molecule has 0 saturated carbocycles. The van der Waals surface area contributed by atoms with E-state index in [0.717, 1.165) is 62.8 Å². The first-order valence-electron chi connectivity index (χ1n) is 9.66. The molecule has 1 aliphatic heterocycles. The molecule has 0 bridgehead atoms. The number of anilines is 1. The number of hydrogen-bond donors (Lipinski definition) is 2. The molecule has 1 fully saturated rings. The van der Waals surface area contributed by atoms with Crippen LogP contribution >= 0.6 is 24.0 Å². The lowest BCUT2D eigenvalue weighted by Gasteiger charge is -2.16. The Balaban J connectivity index is 0.00000364. The second-order valence-electron chi connectivity index (χ2n) is 6.49. The highest BCUT2D eigenvalue weighted by molar-refractivity contribution is 14.0. The third kappa shape index (κ3) is 8.47. The van der Waals surface area contributed by atoms with Crippen molar-refractivity contribution in [1.82, 2.24) is 10.6 Å². The zero-order valence-electron chi connectivity index (χ0n) is 16.5. The lowest BCUT2D eigenvalue weighted by atomic mass is 10.2. The maximum atomic E-state index is 11.8. The Hall–Kier alpha value is -1.35. The fraction of sp³-hybridized carbons (Fsp3) is 0.600. The summed E-state index contributed by atoms with van der Waals surface area (Å²) in [6.07, 6.45) is 4.87. The fourth-order valence-corrected chi connectivity index (χ4v) is 2.85. The van der Waals surface area contributed by atoms with Crippen LogP contribution in [-0.2, 0) is 16.1 Å². The van der Waals surface area contributed by atoms with Gasteiger partial charge in [0.15, 0.2) is 5.96 Å². The maximum absolute atomic E-state index is 11.8. The number of carbonyl (C=O) groups is 1. The molecule has 0 spiro atoms. The molecule has 1 amide bonds. The van der Waals surface area contributed by atoms with Crippen molar-refractivity contribution < 1.29 is 9.53 Å². The van der Waals surface area contributed by atoms with E-state index in [0.29, 0.717) is 13.0 Å². The highest BCUT2D eigenvalue weighted by Gasteiger charge is 2.21. The number of halogens is 1. The molecule has 2 N–H and O–H groups in total. The van der Waals surface area contributed by atoms with Gasteiger partial charge in [-0.25, -0.2) is 0 Å². The van der Waals surface area contributed by atoms with Crippen molar-refractivity contribution in [1.29, 1.82) is 0 Å². The Morgan fingerprint density at radius 1 is 1.19 bits per heavy atom. The maximum Gasteiger partial charge on any atom is 0.227 e. The van der Waals surface area contributed by atoms with Crippen LogP contribution in [0.25, 0.3) is 0 Å².